The molecule has 7 nitrogen and oxygen atoms in total. The van der Waals surface area contributed by atoms with Gasteiger partial charge in [-0.05, 0) is 43.0 Å². The smallest absolute Gasteiger partial charge is 0.251 e. The van der Waals surface area contributed by atoms with Crippen LogP contribution in [0.25, 0.3) is 0 Å². The second-order valence-electron chi connectivity index (χ2n) is 9.89. The van der Waals surface area contributed by atoms with Gasteiger partial charge in [-0.3, -0.25) is 9.59 Å². The molecule has 1 aliphatic carbocycles. The van der Waals surface area contributed by atoms with Crippen molar-refractivity contribution < 1.29 is 14.0 Å². The van der Waals surface area contributed by atoms with Crippen molar-refractivity contribution in [1.82, 2.24) is 15.2 Å². The van der Waals surface area contributed by atoms with Crippen LogP contribution in [0.4, 0.5) is 5.69 Å². The average Bonchev–Trinajstić information content (AvgIpc) is 3.60. The van der Waals surface area contributed by atoms with Gasteiger partial charge in [0.2, 0.25) is 5.91 Å². The van der Waals surface area contributed by atoms with E-state index in [0.717, 1.165) is 49.0 Å². The maximum Gasteiger partial charge on any atom is 0.251 e. The van der Waals surface area contributed by atoms with Crippen LogP contribution < -0.4 is 10.6 Å². The first-order chi connectivity index (χ1) is 17.2. The van der Waals surface area contributed by atoms with Crippen LogP contribution in [0, 0.1) is 11.8 Å². The lowest BCUT2D eigenvalue weighted by Crippen LogP contribution is -2.50. The number of carbonyl (C=O) groups is 2. The number of rotatable bonds is 4. The van der Waals surface area contributed by atoms with Gasteiger partial charge in [-0.25, -0.2) is 4.98 Å². The van der Waals surface area contributed by atoms with Crippen molar-refractivity contribution in [3.63, 3.8) is 0 Å². The Morgan fingerprint density at radius 1 is 1.00 bits per heavy atom. The second-order valence-corrected chi connectivity index (χ2v) is 9.89. The van der Waals surface area contributed by atoms with E-state index in [1.54, 1.807) is 6.26 Å². The predicted octanol–water partition coefficient (Wildman–Crippen LogP) is 4.72. The molecule has 180 valence electrons. The molecule has 2 aromatic carbocycles. The number of hydrogen-bond acceptors (Lipinski definition) is 5. The zero-order valence-corrected chi connectivity index (χ0v) is 19.6. The quantitative estimate of drug-likeness (QED) is 0.576. The first-order valence-corrected chi connectivity index (χ1v) is 12.6. The number of aromatic nitrogens is 1. The van der Waals surface area contributed by atoms with E-state index in [9.17, 15) is 9.59 Å². The van der Waals surface area contributed by atoms with E-state index in [1.807, 2.05) is 42.5 Å². The van der Waals surface area contributed by atoms with E-state index in [4.69, 9.17) is 4.42 Å². The number of anilines is 1. The van der Waals surface area contributed by atoms with E-state index in [2.05, 4.69) is 32.7 Å². The molecule has 2 aliphatic heterocycles. The summed E-state index contributed by atoms with van der Waals surface area (Å²) in [5.41, 5.74) is 3.70. The highest BCUT2D eigenvalue weighted by Crippen LogP contribution is 2.51. The van der Waals surface area contributed by atoms with Crippen LogP contribution in [-0.2, 0) is 4.79 Å². The maximum absolute atomic E-state index is 14.1. The predicted molar refractivity (Wildman–Crippen MR) is 132 cm³/mol. The van der Waals surface area contributed by atoms with E-state index in [-0.39, 0.29) is 41.8 Å². The molecule has 1 aromatic heterocycles. The summed E-state index contributed by atoms with van der Waals surface area (Å²) in [7, 11) is 0. The molecule has 0 bridgehead atoms. The van der Waals surface area contributed by atoms with Crippen LogP contribution in [0.2, 0.25) is 0 Å². The highest BCUT2D eigenvalue weighted by Gasteiger charge is 2.49. The molecular weight excluding hydrogens is 440 g/mol. The molecule has 7 heteroatoms. The lowest BCUT2D eigenvalue weighted by atomic mass is 9.80. The summed E-state index contributed by atoms with van der Waals surface area (Å²) in [6.45, 7) is 0.703. The third-order valence-electron chi connectivity index (χ3n) is 7.95. The van der Waals surface area contributed by atoms with E-state index in [0.29, 0.717) is 12.1 Å². The SMILES string of the molecule is O=C(N[C@@H]1CCCC[C@@H]1C(=O)N1CC[C@@H]2[C@H](c3cocn3)Nc3ccccc3[C@@H]21)c1ccccc1. The fourth-order valence-corrected chi connectivity index (χ4v) is 6.29. The van der Waals surface area contributed by atoms with Crippen LogP contribution in [0.3, 0.4) is 0 Å². The zero-order chi connectivity index (χ0) is 23.8. The van der Waals surface area contributed by atoms with E-state index < -0.39 is 0 Å². The molecule has 35 heavy (non-hydrogen) atoms. The van der Waals surface area contributed by atoms with Crippen molar-refractivity contribution in [2.45, 2.75) is 50.2 Å². The van der Waals surface area contributed by atoms with Crippen molar-refractivity contribution in [2.24, 2.45) is 11.8 Å². The minimum atomic E-state index is -0.206. The minimum Gasteiger partial charge on any atom is -0.451 e. The molecule has 2 N–H and O–H groups in total. The Hall–Kier alpha value is -3.61. The fraction of sp³-hybridized carbons (Fsp3) is 0.393. The van der Waals surface area contributed by atoms with Gasteiger partial charge in [-0.2, -0.15) is 0 Å². The number of carbonyl (C=O) groups excluding carboxylic acids is 2. The first-order valence-electron chi connectivity index (χ1n) is 12.6. The Kier molecular flexibility index (Phi) is 5.76. The summed E-state index contributed by atoms with van der Waals surface area (Å²) in [6, 6.07) is 17.3. The number of fused-ring (bicyclic) bond motifs is 3. The van der Waals surface area contributed by atoms with Crippen molar-refractivity contribution in [1.29, 1.82) is 0 Å². The number of benzene rings is 2. The van der Waals surface area contributed by atoms with Crippen LogP contribution in [0.5, 0.6) is 0 Å². The molecule has 5 atom stereocenters. The normalized spacial score (nSPS) is 27.4. The number of amides is 2. The van der Waals surface area contributed by atoms with Gasteiger partial charge < -0.3 is 20.0 Å². The van der Waals surface area contributed by atoms with Crippen molar-refractivity contribution in [3.05, 3.63) is 84.1 Å². The highest BCUT2D eigenvalue weighted by molar-refractivity contribution is 5.94. The number of para-hydroxylation sites is 1. The summed E-state index contributed by atoms with van der Waals surface area (Å²) in [5.74, 6) is 0.0571. The van der Waals surface area contributed by atoms with Crippen molar-refractivity contribution >= 4 is 17.5 Å². The molecule has 0 spiro atoms. The van der Waals surface area contributed by atoms with Gasteiger partial charge in [0, 0.05) is 29.8 Å². The molecule has 1 saturated carbocycles. The number of likely N-dealkylation sites (tertiary alicyclic amines) is 1. The number of hydrogen-bond donors (Lipinski definition) is 2. The van der Waals surface area contributed by atoms with Gasteiger partial charge in [0.1, 0.15) is 12.0 Å². The molecule has 1 saturated heterocycles. The van der Waals surface area contributed by atoms with Crippen LogP contribution in [0.1, 0.15) is 65.8 Å². The van der Waals surface area contributed by atoms with Gasteiger partial charge in [0.05, 0.1) is 18.0 Å². The zero-order valence-electron chi connectivity index (χ0n) is 19.6. The number of nitrogens with one attached hydrogen (secondary N) is 2. The summed E-state index contributed by atoms with van der Waals surface area (Å²) in [6.07, 6.45) is 7.72. The number of nitrogens with zero attached hydrogens (tertiary/aromatic N) is 2. The van der Waals surface area contributed by atoms with E-state index >= 15 is 0 Å². The van der Waals surface area contributed by atoms with Crippen molar-refractivity contribution in [3.8, 4) is 0 Å². The minimum absolute atomic E-state index is 0.00798. The second kappa shape index (κ2) is 9.21. The molecule has 2 amide bonds. The summed E-state index contributed by atoms with van der Waals surface area (Å²) in [4.78, 5) is 33.5. The molecule has 3 aliphatic rings. The Labute approximate surface area is 204 Å². The highest BCUT2D eigenvalue weighted by atomic mass is 16.3. The third-order valence-corrected chi connectivity index (χ3v) is 7.95. The first kappa shape index (κ1) is 21.9. The van der Waals surface area contributed by atoms with Gasteiger partial charge in [-0.1, -0.05) is 49.2 Å². The Morgan fingerprint density at radius 3 is 2.63 bits per heavy atom. The molecule has 0 unspecified atom stereocenters. The van der Waals surface area contributed by atoms with Crippen molar-refractivity contribution in [2.75, 3.05) is 11.9 Å². The monoisotopic (exact) mass is 470 g/mol. The molecule has 3 heterocycles. The van der Waals surface area contributed by atoms with Crippen LogP contribution >= 0.6 is 0 Å². The average molecular weight is 471 g/mol. The topological polar surface area (TPSA) is 87.5 Å². The molecule has 0 radical (unpaired) electrons. The Balaban J connectivity index is 1.27. The molecular formula is C28H30N4O3. The summed E-state index contributed by atoms with van der Waals surface area (Å²) >= 11 is 0. The molecule has 3 aromatic rings. The standard InChI is InChI=1S/C28H30N4O3/c33-27(18-8-2-1-3-9-18)31-23-13-7-5-11-20(23)28(34)32-15-14-21-25(24-16-35-17-29-24)30-22-12-6-4-10-19(22)26(21)32/h1-4,6,8-10,12,16-17,20-21,23,25-26,30H,5,7,11,13-15H2,(H,31,33)/t20-,21+,23+,25+,26-/m0/s1. The van der Waals surface area contributed by atoms with Gasteiger partial charge in [0.25, 0.3) is 5.91 Å². The maximum atomic E-state index is 14.1. The Bertz CT molecular complexity index is 1200. The summed E-state index contributed by atoms with van der Waals surface area (Å²) < 4.78 is 5.29. The molecule has 2 fully saturated rings. The van der Waals surface area contributed by atoms with Gasteiger partial charge in [-0.15, -0.1) is 0 Å². The van der Waals surface area contributed by atoms with Crippen LogP contribution in [-0.4, -0.2) is 34.3 Å². The Morgan fingerprint density at radius 2 is 1.80 bits per heavy atom. The molecule has 6 rings (SSSR count). The largest absolute Gasteiger partial charge is 0.451 e. The van der Waals surface area contributed by atoms with Crippen LogP contribution in [0.15, 0.2) is 71.7 Å². The number of oxazole rings is 1. The van der Waals surface area contributed by atoms with Gasteiger partial charge >= 0.3 is 0 Å². The lowest BCUT2D eigenvalue weighted by molar-refractivity contribution is -0.138. The third kappa shape index (κ3) is 3.99. The summed E-state index contributed by atoms with van der Waals surface area (Å²) in [5, 5.41) is 6.84. The fourth-order valence-electron chi connectivity index (χ4n) is 6.29. The van der Waals surface area contributed by atoms with Gasteiger partial charge in [0.15, 0.2) is 6.39 Å². The lowest BCUT2D eigenvalue weighted by Gasteiger charge is -2.41. The van der Waals surface area contributed by atoms with E-state index in [1.165, 1.54) is 6.39 Å².